The van der Waals surface area contributed by atoms with Gasteiger partial charge in [0.25, 0.3) is 0 Å². The summed E-state index contributed by atoms with van der Waals surface area (Å²) in [6.45, 7) is 1.70. The van der Waals surface area contributed by atoms with E-state index in [1.807, 2.05) is 16.7 Å². The Morgan fingerprint density at radius 3 is 2.33 bits per heavy atom. The Balaban J connectivity index is 2.09. The maximum absolute atomic E-state index is 11.6. The average molecular weight is 231 g/mol. The molecule has 4 nitrogen and oxygen atoms in total. The molecule has 5 heteroatoms. The highest BCUT2D eigenvalue weighted by Crippen LogP contribution is 2.11. The molecule has 1 aliphatic heterocycles. The van der Waals surface area contributed by atoms with E-state index in [9.17, 15) is 9.59 Å². The number of thioether (sulfide) groups is 1. The van der Waals surface area contributed by atoms with Crippen molar-refractivity contribution in [3.05, 3.63) is 0 Å². The Morgan fingerprint density at radius 2 is 1.73 bits per heavy atom. The minimum absolute atomic E-state index is 0.170. The highest BCUT2D eigenvalue weighted by atomic mass is 32.2. The number of hydrogen-bond acceptors (Lipinski definition) is 3. The molecule has 0 atom stereocenters. The summed E-state index contributed by atoms with van der Waals surface area (Å²) < 4.78 is 0. The molecule has 1 N–H and O–H groups in total. The first kappa shape index (κ1) is 12.4. The summed E-state index contributed by atoms with van der Waals surface area (Å²) in [4.78, 5) is 23.7. The second-order valence-corrected chi connectivity index (χ2v) is 4.82. The molecule has 1 amide bonds. The second-order valence-electron chi connectivity index (χ2n) is 3.59. The molecule has 0 radical (unpaired) electrons. The first-order chi connectivity index (χ1) is 7.20. The maximum atomic E-state index is 11.6. The third kappa shape index (κ3) is 5.06. The van der Waals surface area contributed by atoms with Crippen molar-refractivity contribution in [3.8, 4) is 0 Å². The molecular formula is C10H17NO3S. The minimum atomic E-state index is -0.781. The molecule has 1 heterocycles. The topological polar surface area (TPSA) is 57.6 Å². The third-order valence-electron chi connectivity index (χ3n) is 2.40. The van der Waals surface area contributed by atoms with Crippen molar-refractivity contribution in [2.45, 2.75) is 25.7 Å². The number of nitrogens with zero attached hydrogens (tertiary/aromatic N) is 1. The Morgan fingerprint density at radius 1 is 1.13 bits per heavy atom. The third-order valence-corrected chi connectivity index (χ3v) is 3.34. The van der Waals surface area contributed by atoms with E-state index in [4.69, 9.17) is 5.11 Å². The van der Waals surface area contributed by atoms with E-state index in [0.717, 1.165) is 24.6 Å². The van der Waals surface area contributed by atoms with E-state index >= 15 is 0 Å². The summed E-state index contributed by atoms with van der Waals surface area (Å²) >= 11 is 1.88. The van der Waals surface area contributed by atoms with Gasteiger partial charge in [0.1, 0.15) is 0 Å². The number of unbranched alkanes of at least 4 members (excludes halogenated alkanes) is 1. The molecule has 0 saturated carbocycles. The molecule has 1 rings (SSSR count). The zero-order valence-electron chi connectivity index (χ0n) is 8.78. The van der Waals surface area contributed by atoms with Crippen molar-refractivity contribution in [1.82, 2.24) is 4.90 Å². The monoisotopic (exact) mass is 231 g/mol. The van der Waals surface area contributed by atoms with Crippen LogP contribution in [0.4, 0.5) is 0 Å². The fraction of sp³-hybridized carbons (Fsp3) is 0.800. The van der Waals surface area contributed by atoms with Crippen LogP contribution in [0, 0.1) is 0 Å². The lowest BCUT2D eigenvalue weighted by atomic mass is 10.2. The molecule has 1 fully saturated rings. The van der Waals surface area contributed by atoms with Gasteiger partial charge in [0.15, 0.2) is 0 Å². The van der Waals surface area contributed by atoms with Gasteiger partial charge < -0.3 is 10.0 Å². The summed E-state index contributed by atoms with van der Waals surface area (Å²) in [6, 6.07) is 0. The molecule has 0 unspecified atom stereocenters. The van der Waals surface area contributed by atoms with Gasteiger partial charge in [0, 0.05) is 37.4 Å². The van der Waals surface area contributed by atoms with Crippen LogP contribution in [0.15, 0.2) is 0 Å². The van der Waals surface area contributed by atoms with Gasteiger partial charge in [-0.05, 0) is 12.8 Å². The SMILES string of the molecule is O=C(O)CCCCC(=O)N1CCSCC1. The van der Waals surface area contributed by atoms with Crippen LogP contribution in [0.3, 0.4) is 0 Å². The van der Waals surface area contributed by atoms with Crippen molar-refractivity contribution in [1.29, 1.82) is 0 Å². The number of aliphatic carboxylic acids is 1. The first-order valence-electron chi connectivity index (χ1n) is 5.27. The lowest BCUT2D eigenvalue weighted by Gasteiger charge is -2.26. The molecule has 86 valence electrons. The molecule has 0 aromatic carbocycles. The van der Waals surface area contributed by atoms with Crippen LogP contribution >= 0.6 is 11.8 Å². The number of carboxylic acid groups (broad SMARTS) is 1. The van der Waals surface area contributed by atoms with Crippen LogP contribution < -0.4 is 0 Å². The van der Waals surface area contributed by atoms with Gasteiger partial charge in [-0.1, -0.05) is 0 Å². The van der Waals surface area contributed by atoms with E-state index in [1.165, 1.54) is 0 Å². The molecule has 0 spiro atoms. The van der Waals surface area contributed by atoms with Gasteiger partial charge in [0.2, 0.25) is 5.91 Å². The summed E-state index contributed by atoms with van der Waals surface area (Å²) in [5.41, 5.74) is 0. The number of amides is 1. The molecule has 0 aliphatic carbocycles. The van der Waals surface area contributed by atoms with E-state index in [-0.39, 0.29) is 12.3 Å². The normalized spacial score (nSPS) is 16.4. The molecule has 0 bridgehead atoms. The van der Waals surface area contributed by atoms with Gasteiger partial charge in [-0.3, -0.25) is 9.59 Å². The summed E-state index contributed by atoms with van der Waals surface area (Å²) in [5, 5.41) is 8.43. The van der Waals surface area contributed by atoms with E-state index < -0.39 is 5.97 Å². The Bertz CT molecular complexity index is 227. The first-order valence-corrected chi connectivity index (χ1v) is 6.43. The van der Waals surface area contributed by atoms with E-state index in [1.54, 1.807) is 0 Å². The van der Waals surface area contributed by atoms with Crippen LogP contribution in [0.2, 0.25) is 0 Å². The summed E-state index contributed by atoms with van der Waals surface area (Å²) in [5.74, 6) is 1.46. The molecule has 0 aromatic rings. The van der Waals surface area contributed by atoms with Gasteiger partial charge in [0.05, 0.1) is 0 Å². The quantitative estimate of drug-likeness (QED) is 0.722. The fourth-order valence-electron chi connectivity index (χ4n) is 1.52. The Hall–Kier alpha value is -0.710. The zero-order valence-corrected chi connectivity index (χ0v) is 9.59. The lowest BCUT2D eigenvalue weighted by Crippen LogP contribution is -2.37. The summed E-state index contributed by atoms with van der Waals surface area (Å²) in [7, 11) is 0. The number of carbonyl (C=O) groups excluding carboxylic acids is 1. The minimum Gasteiger partial charge on any atom is -0.481 e. The second kappa shape index (κ2) is 6.71. The van der Waals surface area contributed by atoms with Crippen molar-refractivity contribution in [2.24, 2.45) is 0 Å². The van der Waals surface area contributed by atoms with E-state index in [2.05, 4.69) is 0 Å². The smallest absolute Gasteiger partial charge is 0.303 e. The fourth-order valence-corrected chi connectivity index (χ4v) is 2.43. The number of carboxylic acids is 1. The largest absolute Gasteiger partial charge is 0.481 e. The molecule has 15 heavy (non-hydrogen) atoms. The lowest BCUT2D eigenvalue weighted by molar-refractivity contribution is -0.137. The highest BCUT2D eigenvalue weighted by Gasteiger charge is 2.15. The van der Waals surface area contributed by atoms with Crippen LogP contribution in [0.5, 0.6) is 0 Å². The average Bonchev–Trinajstić information content (AvgIpc) is 2.25. The molecule has 1 aliphatic rings. The van der Waals surface area contributed by atoms with Crippen LogP contribution in [-0.2, 0) is 9.59 Å². The standard InChI is InChI=1S/C10H17NO3S/c12-9(3-1-2-4-10(13)14)11-5-7-15-8-6-11/h1-8H2,(H,13,14). The molecule has 1 saturated heterocycles. The zero-order chi connectivity index (χ0) is 11.1. The van der Waals surface area contributed by atoms with Crippen molar-refractivity contribution in [3.63, 3.8) is 0 Å². The van der Waals surface area contributed by atoms with Gasteiger partial charge in [-0.2, -0.15) is 11.8 Å². The van der Waals surface area contributed by atoms with E-state index in [0.29, 0.717) is 19.3 Å². The van der Waals surface area contributed by atoms with Crippen LogP contribution in [-0.4, -0.2) is 46.5 Å². The number of hydrogen-bond donors (Lipinski definition) is 1. The Kier molecular flexibility index (Phi) is 5.53. The van der Waals surface area contributed by atoms with Gasteiger partial charge in [-0.15, -0.1) is 0 Å². The van der Waals surface area contributed by atoms with Crippen molar-refractivity contribution >= 4 is 23.6 Å². The Labute approximate surface area is 94.0 Å². The van der Waals surface area contributed by atoms with Gasteiger partial charge >= 0.3 is 5.97 Å². The predicted molar refractivity (Wildman–Crippen MR) is 60.0 cm³/mol. The maximum Gasteiger partial charge on any atom is 0.303 e. The summed E-state index contributed by atoms with van der Waals surface area (Å²) in [6.07, 6.45) is 1.96. The van der Waals surface area contributed by atoms with Crippen molar-refractivity contribution in [2.75, 3.05) is 24.6 Å². The molecule has 0 aromatic heterocycles. The predicted octanol–water partition coefficient (Wildman–Crippen LogP) is 1.21. The molecular weight excluding hydrogens is 214 g/mol. The van der Waals surface area contributed by atoms with Crippen LogP contribution in [0.1, 0.15) is 25.7 Å². The highest BCUT2D eigenvalue weighted by molar-refractivity contribution is 7.99. The number of carbonyl (C=O) groups is 2. The van der Waals surface area contributed by atoms with Gasteiger partial charge in [-0.25, -0.2) is 0 Å². The van der Waals surface area contributed by atoms with Crippen LogP contribution in [0.25, 0.3) is 0 Å². The van der Waals surface area contributed by atoms with Crippen molar-refractivity contribution < 1.29 is 14.7 Å². The number of rotatable bonds is 5.